The molecular formula is C10H18N4O3. The molecule has 0 saturated heterocycles. The summed E-state index contributed by atoms with van der Waals surface area (Å²) in [5.74, 6) is -0.175. The van der Waals surface area contributed by atoms with Gasteiger partial charge in [0.25, 0.3) is 0 Å². The third kappa shape index (κ3) is 4.12. The molecule has 0 aliphatic heterocycles. The van der Waals surface area contributed by atoms with E-state index >= 15 is 0 Å². The van der Waals surface area contributed by atoms with Crippen LogP contribution in [-0.4, -0.2) is 52.1 Å². The summed E-state index contributed by atoms with van der Waals surface area (Å²) in [4.78, 5) is 15.6. The van der Waals surface area contributed by atoms with E-state index in [1.807, 2.05) is 0 Å². The van der Waals surface area contributed by atoms with Gasteiger partial charge in [-0.1, -0.05) is 0 Å². The van der Waals surface area contributed by atoms with Crippen molar-refractivity contribution in [1.82, 2.24) is 20.1 Å². The Balaban J connectivity index is 2.51. The second-order valence-electron chi connectivity index (χ2n) is 3.72. The van der Waals surface area contributed by atoms with Gasteiger partial charge < -0.3 is 15.2 Å². The van der Waals surface area contributed by atoms with Crippen molar-refractivity contribution in [3.63, 3.8) is 0 Å². The molecule has 2 unspecified atom stereocenters. The summed E-state index contributed by atoms with van der Waals surface area (Å²) in [6, 6.07) is -0.626. The zero-order chi connectivity index (χ0) is 12.7. The van der Waals surface area contributed by atoms with Gasteiger partial charge in [0.15, 0.2) is 0 Å². The minimum Gasteiger partial charge on any atom is -0.396 e. The largest absolute Gasteiger partial charge is 0.396 e. The number of nitrogens with zero attached hydrogens (tertiary/aromatic N) is 3. The quantitative estimate of drug-likeness (QED) is 0.663. The Labute approximate surface area is 99.8 Å². The topological polar surface area (TPSA) is 89.3 Å². The Bertz CT molecular complexity index is 322. The monoisotopic (exact) mass is 242 g/mol. The van der Waals surface area contributed by atoms with Crippen LogP contribution >= 0.6 is 0 Å². The lowest BCUT2D eigenvalue weighted by Crippen LogP contribution is -2.42. The number of amides is 1. The van der Waals surface area contributed by atoms with Crippen molar-refractivity contribution in [1.29, 1.82) is 0 Å². The van der Waals surface area contributed by atoms with Crippen molar-refractivity contribution < 1.29 is 14.6 Å². The number of hydrogen-bond acceptors (Lipinski definition) is 5. The van der Waals surface area contributed by atoms with Gasteiger partial charge >= 0.3 is 0 Å². The molecule has 1 aromatic rings. The fourth-order valence-corrected chi connectivity index (χ4v) is 1.41. The van der Waals surface area contributed by atoms with Crippen LogP contribution in [0.4, 0.5) is 0 Å². The van der Waals surface area contributed by atoms with Crippen LogP contribution in [0, 0.1) is 0 Å². The van der Waals surface area contributed by atoms with Crippen molar-refractivity contribution >= 4 is 5.91 Å². The lowest BCUT2D eigenvalue weighted by atomic mass is 10.2. The number of aliphatic hydroxyl groups excluding tert-OH is 1. The highest BCUT2D eigenvalue weighted by atomic mass is 16.5. The van der Waals surface area contributed by atoms with Crippen LogP contribution in [0.25, 0.3) is 0 Å². The first-order valence-corrected chi connectivity index (χ1v) is 5.43. The standard InChI is InChI=1S/C10H18N4O3/c1-8(14-7-11-6-12-14)10(16)13-9(3-4-15)5-17-2/h6-9,15H,3-5H2,1-2H3,(H,13,16). The molecule has 1 amide bonds. The Morgan fingerprint density at radius 2 is 2.41 bits per heavy atom. The summed E-state index contributed by atoms with van der Waals surface area (Å²) in [5.41, 5.74) is 0. The van der Waals surface area contributed by atoms with E-state index in [0.29, 0.717) is 13.0 Å². The lowest BCUT2D eigenvalue weighted by molar-refractivity contribution is -0.125. The van der Waals surface area contributed by atoms with E-state index in [1.54, 1.807) is 14.0 Å². The number of carbonyl (C=O) groups excluding carboxylic acids is 1. The highest BCUT2D eigenvalue weighted by Crippen LogP contribution is 2.03. The van der Waals surface area contributed by atoms with Gasteiger partial charge in [-0.05, 0) is 13.3 Å². The zero-order valence-corrected chi connectivity index (χ0v) is 10.0. The maximum Gasteiger partial charge on any atom is 0.244 e. The van der Waals surface area contributed by atoms with Crippen molar-refractivity contribution in [3.05, 3.63) is 12.7 Å². The molecule has 0 bridgehead atoms. The number of carbonyl (C=O) groups is 1. The molecule has 1 rings (SSSR count). The first-order valence-electron chi connectivity index (χ1n) is 5.43. The first-order chi connectivity index (χ1) is 8.19. The first kappa shape index (κ1) is 13.6. The number of aliphatic hydroxyl groups is 1. The van der Waals surface area contributed by atoms with Gasteiger partial charge in [0.05, 0.1) is 12.6 Å². The predicted molar refractivity (Wildman–Crippen MR) is 60.2 cm³/mol. The molecule has 0 radical (unpaired) electrons. The number of hydrogen-bond donors (Lipinski definition) is 2. The van der Waals surface area contributed by atoms with Gasteiger partial charge in [0.1, 0.15) is 18.7 Å². The third-order valence-electron chi connectivity index (χ3n) is 2.40. The van der Waals surface area contributed by atoms with Crippen LogP contribution in [0.5, 0.6) is 0 Å². The van der Waals surface area contributed by atoms with Crippen LogP contribution in [0.2, 0.25) is 0 Å². The molecule has 7 heteroatoms. The maximum atomic E-state index is 11.9. The van der Waals surface area contributed by atoms with Gasteiger partial charge in [-0.25, -0.2) is 9.67 Å². The molecule has 17 heavy (non-hydrogen) atoms. The third-order valence-corrected chi connectivity index (χ3v) is 2.40. The van der Waals surface area contributed by atoms with Crippen LogP contribution in [0.3, 0.4) is 0 Å². The van der Waals surface area contributed by atoms with Crippen molar-refractivity contribution in [2.75, 3.05) is 20.3 Å². The molecular weight excluding hydrogens is 224 g/mol. The molecule has 0 aliphatic rings. The summed E-state index contributed by atoms with van der Waals surface area (Å²) in [6.45, 7) is 2.11. The summed E-state index contributed by atoms with van der Waals surface area (Å²) in [5, 5.41) is 15.6. The van der Waals surface area contributed by atoms with Crippen molar-refractivity contribution in [2.45, 2.75) is 25.4 Å². The Morgan fingerprint density at radius 1 is 1.65 bits per heavy atom. The van der Waals surface area contributed by atoms with Crippen molar-refractivity contribution in [2.24, 2.45) is 0 Å². The average molecular weight is 242 g/mol. The highest BCUT2D eigenvalue weighted by Gasteiger charge is 2.19. The van der Waals surface area contributed by atoms with Gasteiger partial charge in [-0.2, -0.15) is 5.10 Å². The predicted octanol–water partition coefficient (Wildman–Crippen LogP) is -0.647. The summed E-state index contributed by atoms with van der Waals surface area (Å²) in [6.07, 6.45) is 3.33. The zero-order valence-electron chi connectivity index (χ0n) is 10.0. The van der Waals surface area contributed by atoms with E-state index in [0.717, 1.165) is 0 Å². The smallest absolute Gasteiger partial charge is 0.244 e. The van der Waals surface area contributed by atoms with E-state index < -0.39 is 6.04 Å². The summed E-state index contributed by atoms with van der Waals surface area (Å²) >= 11 is 0. The highest BCUT2D eigenvalue weighted by molar-refractivity contribution is 5.80. The van der Waals surface area contributed by atoms with Gasteiger partial charge in [-0.15, -0.1) is 0 Å². The average Bonchev–Trinajstić information content (AvgIpc) is 2.82. The van der Waals surface area contributed by atoms with Crippen LogP contribution in [-0.2, 0) is 9.53 Å². The van der Waals surface area contributed by atoms with Gasteiger partial charge in [0.2, 0.25) is 5.91 Å². The normalized spacial score (nSPS) is 14.3. The minimum absolute atomic E-state index is 0.00597. The maximum absolute atomic E-state index is 11.9. The number of rotatable bonds is 7. The number of nitrogens with one attached hydrogen (secondary N) is 1. The molecule has 7 nitrogen and oxygen atoms in total. The fourth-order valence-electron chi connectivity index (χ4n) is 1.41. The van der Waals surface area contributed by atoms with Gasteiger partial charge in [0, 0.05) is 13.7 Å². The number of aromatic nitrogens is 3. The van der Waals surface area contributed by atoms with E-state index in [4.69, 9.17) is 9.84 Å². The van der Waals surface area contributed by atoms with E-state index in [-0.39, 0.29) is 18.6 Å². The van der Waals surface area contributed by atoms with E-state index in [1.165, 1.54) is 17.3 Å². The summed E-state index contributed by atoms with van der Waals surface area (Å²) < 4.78 is 6.44. The summed E-state index contributed by atoms with van der Waals surface area (Å²) in [7, 11) is 1.55. The Kier molecular flexibility index (Phi) is 5.58. The molecule has 96 valence electrons. The van der Waals surface area contributed by atoms with Crippen LogP contribution in [0.15, 0.2) is 12.7 Å². The molecule has 2 N–H and O–H groups in total. The Hall–Kier alpha value is -1.47. The molecule has 0 fully saturated rings. The molecule has 1 heterocycles. The lowest BCUT2D eigenvalue weighted by Gasteiger charge is -2.19. The van der Waals surface area contributed by atoms with E-state index in [9.17, 15) is 4.79 Å². The van der Waals surface area contributed by atoms with E-state index in [2.05, 4.69) is 15.4 Å². The Morgan fingerprint density at radius 3 is 2.94 bits per heavy atom. The molecule has 0 aliphatic carbocycles. The second-order valence-corrected chi connectivity index (χ2v) is 3.72. The minimum atomic E-state index is -0.435. The SMILES string of the molecule is COCC(CCO)NC(=O)C(C)n1cncn1. The number of ether oxygens (including phenoxy) is 1. The molecule has 2 atom stereocenters. The molecule has 0 spiro atoms. The second kappa shape index (κ2) is 6.97. The van der Waals surface area contributed by atoms with Crippen molar-refractivity contribution in [3.8, 4) is 0 Å². The van der Waals surface area contributed by atoms with Crippen LogP contribution < -0.4 is 5.32 Å². The number of methoxy groups -OCH3 is 1. The molecule has 1 aromatic heterocycles. The molecule has 0 saturated carbocycles. The van der Waals surface area contributed by atoms with Crippen LogP contribution in [0.1, 0.15) is 19.4 Å². The molecule has 0 aromatic carbocycles. The fraction of sp³-hybridized carbons (Fsp3) is 0.700. The van der Waals surface area contributed by atoms with Gasteiger partial charge in [-0.3, -0.25) is 4.79 Å².